The summed E-state index contributed by atoms with van der Waals surface area (Å²) in [4.78, 5) is 23.2. The van der Waals surface area contributed by atoms with Crippen LogP contribution < -0.4 is 5.32 Å². The minimum atomic E-state index is -0.688. The van der Waals surface area contributed by atoms with Crippen LogP contribution in [0.3, 0.4) is 0 Å². The number of fused-ring (bicyclic) bond motifs is 1. The minimum Gasteiger partial charge on any atom is -0.347 e. The largest absolute Gasteiger partial charge is 0.347 e. The van der Waals surface area contributed by atoms with Crippen LogP contribution >= 0.6 is 0 Å². The summed E-state index contributed by atoms with van der Waals surface area (Å²) in [5, 5.41) is 24.1. The summed E-state index contributed by atoms with van der Waals surface area (Å²) >= 11 is 0. The van der Waals surface area contributed by atoms with Crippen LogP contribution in [0.2, 0.25) is 0 Å². The van der Waals surface area contributed by atoms with Crippen LogP contribution in [0.1, 0.15) is 25.3 Å². The third kappa shape index (κ3) is 4.33. The van der Waals surface area contributed by atoms with E-state index in [9.17, 15) is 20.2 Å². The Morgan fingerprint density at radius 1 is 1.24 bits per heavy atom. The van der Waals surface area contributed by atoms with Crippen molar-refractivity contribution < 1.29 is 9.72 Å². The lowest BCUT2D eigenvalue weighted by molar-refractivity contribution is -0.383. The maximum atomic E-state index is 12.6. The molecular weight excluding hydrogens is 368 g/mol. The Hall–Kier alpha value is -3.92. The molecule has 1 aromatic heterocycles. The number of aryl methyl sites for hydroxylation is 1. The van der Waals surface area contributed by atoms with E-state index in [0.717, 1.165) is 35.9 Å². The molecule has 3 rings (SSSR count). The summed E-state index contributed by atoms with van der Waals surface area (Å²) in [5.41, 5.74) is 1.49. The maximum absolute atomic E-state index is 12.6. The van der Waals surface area contributed by atoms with Crippen LogP contribution in [0.15, 0.2) is 60.3 Å². The van der Waals surface area contributed by atoms with Gasteiger partial charge in [0.15, 0.2) is 0 Å². The fourth-order valence-corrected chi connectivity index (χ4v) is 3.14. The van der Waals surface area contributed by atoms with Crippen LogP contribution in [-0.4, -0.2) is 15.4 Å². The number of aromatic nitrogens is 1. The second-order valence-corrected chi connectivity index (χ2v) is 6.55. The number of carbonyl (C=O) groups excluding carboxylic acids is 1. The smallest absolute Gasteiger partial charge is 0.292 e. The SMILES string of the molecule is CCCCn1cc(/C=C(\C#N)C(=O)Nc2ccccc2[N+](=O)[O-])c2ccccc21. The van der Waals surface area contributed by atoms with Crippen molar-refractivity contribution in [2.24, 2.45) is 0 Å². The molecule has 1 heterocycles. The number of nitro groups is 1. The van der Waals surface area contributed by atoms with Crippen LogP contribution in [0.4, 0.5) is 11.4 Å². The van der Waals surface area contributed by atoms with Crippen molar-refractivity contribution in [1.29, 1.82) is 5.26 Å². The van der Waals surface area contributed by atoms with E-state index in [2.05, 4.69) is 16.8 Å². The second-order valence-electron chi connectivity index (χ2n) is 6.55. The molecule has 0 bridgehead atoms. The number of nitriles is 1. The number of hydrogen-bond acceptors (Lipinski definition) is 4. The van der Waals surface area contributed by atoms with E-state index in [0.29, 0.717) is 0 Å². The molecule has 0 atom stereocenters. The molecule has 1 N–H and O–H groups in total. The first-order valence-electron chi connectivity index (χ1n) is 9.29. The maximum Gasteiger partial charge on any atom is 0.292 e. The third-order valence-electron chi connectivity index (χ3n) is 4.59. The number of benzene rings is 2. The summed E-state index contributed by atoms with van der Waals surface area (Å²) in [7, 11) is 0. The van der Waals surface area contributed by atoms with E-state index in [-0.39, 0.29) is 16.9 Å². The van der Waals surface area contributed by atoms with Gasteiger partial charge >= 0.3 is 0 Å². The minimum absolute atomic E-state index is 0.0500. The average Bonchev–Trinajstić information content (AvgIpc) is 3.08. The first-order valence-corrected chi connectivity index (χ1v) is 9.29. The molecule has 1 amide bonds. The van der Waals surface area contributed by atoms with Gasteiger partial charge in [-0.15, -0.1) is 0 Å². The van der Waals surface area contributed by atoms with Crippen molar-refractivity contribution in [2.75, 3.05) is 5.32 Å². The summed E-state index contributed by atoms with van der Waals surface area (Å²) in [5.74, 6) is -0.688. The lowest BCUT2D eigenvalue weighted by Crippen LogP contribution is -2.14. The Morgan fingerprint density at radius 2 is 1.97 bits per heavy atom. The number of rotatable bonds is 7. The van der Waals surface area contributed by atoms with Crippen molar-refractivity contribution in [2.45, 2.75) is 26.3 Å². The molecule has 0 saturated heterocycles. The molecule has 7 nitrogen and oxygen atoms in total. The van der Waals surface area contributed by atoms with Gasteiger partial charge in [-0.3, -0.25) is 14.9 Å². The fraction of sp³-hybridized carbons (Fsp3) is 0.182. The molecule has 0 unspecified atom stereocenters. The van der Waals surface area contributed by atoms with E-state index in [1.807, 2.05) is 36.5 Å². The Morgan fingerprint density at radius 3 is 2.69 bits per heavy atom. The zero-order valence-corrected chi connectivity index (χ0v) is 16.0. The van der Waals surface area contributed by atoms with Gasteiger partial charge < -0.3 is 9.88 Å². The van der Waals surface area contributed by atoms with E-state index in [4.69, 9.17) is 0 Å². The van der Waals surface area contributed by atoms with Crippen molar-refractivity contribution in [3.63, 3.8) is 0 Å². The van der Waals surface area contributed by atoms with Gasteiger partial charge in [0.2, 0.25) is 0 Å². The Labute approximate surface area is 168 Å². The number of para-hydroxylation sites is 3. The number of nitro benzene ring substituents is 1. The standard InChI is InChI=1S/C22H20N4O3/c1-2-3-12-25-15-17(18-8-4-6-10-20(18)25)13-16(14-23)22(27)24-19-9-5-7-11-21(19)26(28)29/h4-11,13,15H,2-3,12H2,1H3,(H,24,27)/b16-13+. The van der Waals surface area contributed by atoms with Gasteiger partial charge in [-0.1, -0.05) is 43.7 Å². The Balaban J connectivity index is 1.95. The lowest BCUT2D eigenvalue weighted by atomic mass is 10.1. The molecule has 0 fully saturated rings. The number of unbranched alkanes of at least 4 members (excludes halogenated alkanes) is 1. The first-order chi connectivity index (χ1) is 14.0. The van der Waals surface area contributed by atoms with Gasteiger partial charge in [0.05, 0.1) is 4.92 Å². The number of hydrogen-bond donors (Lipinski definition) is 1. The molecule has 0 spiro atoms. The molecule has 146 valence electrons. The van der Waals surface area contributed by atoms with E-state index in [1.54, 1.807) is 6.07 Å². The molecule has 0 aliphatic heterocycles. The molecule has 0 saturated carbocycles. The molecule has 0 aliphatic carbocycles. The number of nitrogens with one attached hydrogen (secondary N) is 1. The predicted octanol–water partition coefficient (Wildman–Crippen LogP) is 4.90. The average molecular weight is 388 g/mol. The van der Waals surface area contributed by atoms with Crippen molar-refractivity contribution in [1.82, 2.24) is 4.57 Å². The van der Waals surface area contributed by atoms with Gasteiger partial charge in [0, 0.05) is 35.3 Å². The van der Waals surface area contributed by atoms with Gasteiger partial charge in [-0.05, 0) is 24.6 Å². The van der Waals surface area contributed by atoms with Crippen LogP contribution in [-0.2, 0) is 11.3 Å². The van der Waals surface area contributed by atoms with Gasteiger partial charge in [-0.25, -0.2) is 0 Å². The monoisotopic (exact) mass is 388 g/mol. The summed E-state index contributed by atoms with van der Waals surface area (Å²) in [6, 6.07) is 15.5. The zero-order valence-electron chi connectivity index (χ0n) is 16.0. The van der Waals surface area contributed by atoms with Gasteiger partial charge in [-0.2, -0.15) is 5.26 Å². The second kappa shape index (κ2) is 8.85. The highest BCUT2D eigenvalue weighted by molar-refractivity contribution is 6.11. The van der Waals surface area contributed by atoms with Crippen molar-refractivity contribution in [3.8, 4) is 6.07 Å². The predicted molar refractivity (Wildman–Crippen MR) is 112 cm³/mol. The molecular formula is C22H20N4O3. The van der Waals surface area contributed by atoms with Crippen molar-refractivity contribution in [3.05, 3.63) is 76.0 Å². The van der Waals surface area contributed by atoms with Gasteiger partial charge in [0.1, 0.15) is 17.3 Å². The van der Waals surface area contributed by atoms with Crippen molar-refractivity contribution >= 4 is 34.3 Å². The molecule has 29 heavy (non-hydrogen) atoms. The highest BCUT2D eigenvalue weighted by Gasteiger charge is 2.18. The summed E-state index contributed by atoms with van der Waals surface area (Å²) in [6.07, 6.45) is 5.52. The normalized spacial score (nSPS) is 11.2. The summed E-state index contributed by atoms with van der Waals surface area (Å²) in [6.45, 7) is 2.96. The van der Waals surface area contributed by atoms with E-state index < -0.39 is 10.8 Å². The Kier molecular flexibility index (Phi) is 6.05. The molecule has 7 heteroatoms. The molecule has 0 radical (unpaired) electrons. The topological polar surface area (TPSA) is 101 Å². The summed E-state index contributed by atoms with van der Waals surface area (Å²) < 4.78 is 2.11. The van der Waals surface area contributed by atoms with E-state index >= 15 is 0 Å². The zero-order chi connectivity index (χ0) is 20.8. The van der Waals surface area contributed by atoms with E-state index in [1.165, 1.54) is 24.3 Å². The highest BCUT2D eigenvalue weighted by Crippen LogP contribution is 2.26. The molecule has 3 aromatic rings. The van der Waals surface area contributed by atoms with Gasteiger partial charge in [0.25, 0.3) is 11.6 Å². The third-order valence-corrected chi connectivity index (χ3v) is 4.59. The Bertz CT molecular complexity index is 1140. The lowest BCUT2D eigenvalue weighted by Gasteiger charge is -2.04. The number of amides is 1. The first kappa shape index (κ1) is 19.8. The quantitative estimate of drug-likeness (QED) is 0.269. The number of nitrogens with zero attached hydrogens (tertiary/aromatic N) is 3. The number of carbonyl (C=O) groups is 1. The molecule has 2 aromatic carbocycles. The molecule has 0 aliphatic rings. The van der Waals surface area contributed by atoms with Crippen LogP contribution in [0.5, 0.6) is 0 Å². The highest BCUT2D eigenvalue weighted by atomic mass is 16.6. The fourth-order valence-electron chi connectivity index (χ4n) is 3.14. The van der Waals surface area contributed by atoms with Crippen LogP contribution in [0, 0.1) is 21.4 Å². The number of anilines is 1. The van der Waals surface area contributed by atoms with Crippen LogP contribution in [0.25, 0.3) is 17.0 Å².